The summed E-state index contributed by atoms with van der Waals surface area (Å²) in [5.41, 5.74) is 3.97. The number of thiazole rings is 1. The van der Waals surface area contributed by atoms with Crippen LogP contribution in [0.5, 0.6) is 0 Å². The van der Waals surface area contributed by atoms with Gasteiger partial charge in [0.25, 0.3) is 0 Å². The van der Waals surface area contributed by atoms with Gasteiger partial charge in [-0.05, 0) is 55.5 Å². The van der Waals surface area contributed by atoms with Gasteiger partial charge in [-0.15, -0.1) is 11.3 Å². The lowest BCUT2D eigenvalue weighted by Gasteiger charge is -2.34. The van der Waals surface area contributed by atoms with Gasteiger partial charge in [0.15, 0.2) is 0 Å². The topological polar surface area (TPSA) is 69.6 Å². The molecule has 0 unspecified atom stereocenters. The second-order valence-corrected chi connectivity index (χ2v) is 10.9. The summed E-state index contributed by atoms with van der Waals surface area (Å²) in [4.78, 5) is 41.6. The Morgan fingerprint density at radius 3 is 2.58 bits per heavy atom. The first-order valence-electron chi connectivity index (χ1n) is 12.7. The molecule has 1 aromatic carbocycles. The van der Waals surface area contributed by atoms with Gasteiger partial charge in [0.05, 0.1) is 17.1 Å². The van der Waals surface area contributed by atoms with Crippen LogP contribution >= 0.6 is 11.3 Å². The lowest BCUT2D eigenvalue weighted by molar-refractivity contribution is -0.132. The van der Waals surface area contributed by atoms with Gasteiger partial charge in [0, 0.05) is 68.6 Å². The number of rotatable bonds is 4. The Hall–Kier alpha value is -3.10. The van der Waals surface area contributed by atoms with Crippen molar-refractivity contribution in [3.8, 4) is 0 Å². The van der Waals surface area contributed by atoms with Crippen molar-refractivity contribution < 1.29 is 9.59 Å². The Labute approximate surface area is 216 Å². The maximum absolute atomic E-state index is 13.7. The Balaban J connectivity index is 1.49. The predicted molar refractivity (Wildman–Crippen MR) is 142 cm³/mol. The van der Waals surface area contributed by atoms with Crippen LogP contribution in [0.4, 0.5) is 5.69 Å². The summed E-state index contributed by atoms with van der Waals surface area (Å²) < 4.78 is 0. The average molecular weight is 504 g/mol. The van der Waals surface area contributed by atoms with Crippen LogP contribution in [0, 0.1) is 6.92 Å². The van der Waals surface area contributed by atoms with E-state index in [1.54, 1.807) is 18.3 Å². The number of nitrogens with zero attached hydrogens (tertiary/aromatic N) is 5. The summed E-state index contributed by atoms with van der Waals surface area (Å²) in [6, 6.07) is 12.8. The van der Waals surface area contributed by atoms with Crippen LogP contribution in [-0.4, -0.2) is 56.8 Å². The summed E-state index contributed by atoms with van der Waals surface area (Å²) in [7, 11) is 0. The number of amides is 2. The molecule has 7 nitrogen and oxygen atoms in total. The molecule has 1 fully saturated rings. The van der Waals surface area contributed by atoms with Gasteiger partial charge in [0.2, 0.25) is 11.8 Å². The van der Waals surface area contributed by atoms with Gasteiger partial charge in [-0.3, -0.25) is 19.5 Å². The lowest BCUT2D eigenvalue weighted by atomic mass is 10.1. The van der Waals surface area contributed by atoms with Crippen LogP contribution in [0.2, 0.25) is 0 Å². The second kappa shape index (κ2) is 10.9. The monoisotopic (exact) mass is 503 g/mol. The summed E-state index contributed by atoms with van der Waals surface area (Å²) >= 11 is 1.58. The largest absolute Gasteiger partial charge is 0.336 e. The molecule has 0 N–H and O–H groups in total. The van der Waals surface area contributed by atoms with Gasteiger partial charge in [-0.1, -0.05) is 18.2 Å². The highest BCUT2D eigenvalue weighted by Crippen LogP contribution is 2.32. The third-order valence-electron chi connectivity index (χ3n) is 7.38. The molecule has 0 spiro atoms. The van der Waals surface area contributed by atoms with Crippen LogP contribution < -0.4 is 4.90 Å². The Bertz CT molecular complexity index is 1210. The van der Waals surface area contributed by atoms with Crippen LogP contribution in [0.1, 0.15) is 48.0 Å². The van der Waals surface area contributed by atoms with Gasteiger partial charge >= 0.3 is 0 Å². The molecule has 2 aliphatic rings. The summed E-state index contributed by atoms with van der Waals surface area (Å²) in [5, 5.41) is 2.95. The minimum absolute atomic E-state index is 0.0350. The fraction of sp³-hybridized carbons (Fsp3) is 0.429. The van der Waals surface area contributed by atoms with Crippen molar-refractivity contribution in [1.82, 2.24) is 19.8 Å². The Kier molecular flexibility index (Phi) is 7.43. The Morgan fingerprint density at radius 1 is 1.06 bits per heavy atom. The summed E-state index contributed by atoms with van der Waals surface area (Å²) in [5.74, 6) is 0.115. The molecule has 1 saturated heterocycles. The van der Waals surface area contributed by atoms with Crippen molar-refractivity contribution >= 4 is 28.8 Å². The third-order valence-corrected chi connectivity index (χ3v) is 8.20. The fourth-order valence-corrected chi connectivity index (χ4v) is 6.19. The highest BCUT2D eigenvalue weighted by atomic mass is 32.1. The highest BCUT2D eigenvalue weighted by Gasteiger charge is 2.36. The second-order valence-electron chi connectivity index (χ2n) is 9.81. The molecule has 8 heteroatoms. The van der Waals surface area contributed by atoms with Crippen molar-refractivity contribution in [3.05, 3.63) is 76.0 Å². The molecular weight excluding hydrogens is 470 g/mol. The standard InChI is InChI=1S/C28H33N5O2S/c1-20-30-24(19-36-20)15-28(35)31-17-23-5-3-4-6-27(23)32(21(2)34)14-11-25-7-8-26(18-31)33(25)16-22-9-12-29-13-10-22/h3-6,9-10,12-13,19,25-26H,7-8,11,14-18H2,1-2H3/t25-,26+/m1/s1. The minimum atomic E-state index is 0.0350. The smallest absolute Gasteiger partial charge is 0.228 e. The first kappa shape index (κ1) is 24.6. The maximum atomic E-state index is 13.7. The molecule has 2 atom stereocenters. The first-order valence-corrected chi connectivity index (χ1v) is 13.6. The normalized spacial score (nSPS) is 20.6. The SMILES string of the molecule is CC(=O)N1CC[C@H]2CC[C@@H](CN(C(=O)Cc3csc(C)n3)Cc3ccccc31)N2Cc1ccncc1. The molecular formula is C28H33N5O2S. The van der Waals surface area contributed by atoms with E-state index >= 15 is 0 Å². The van der Waals surface area contributed by atoms with Gasteiger partial charge in [0.1, 0.15) is 0 Å². The number of pyridine rings is 1. The van der Waals surface area contributed by atoms with Gasteiger partial charge < -0.3 is 9.80 Å². The molecule has 188 valence electrons. The molecule has 3 aromatic rings. The fourth-order valence-electron chi connectivity index (χ4n) is 5.58. The van der Waals surface area contributed by atoms with E-state index in [1.165, 1.54) is 5.56 Å². The van der Waals surface area contributed by atoms with Gasteiger partial charge in [-0.2, -0.15) is 0 Å². The third kappa shape index (κ3) is 5.50. The molecule has 0 saturated carbocycles. The number of anilines is 1. The zero-order valence-corrected chi connectivity index (χ0v) is 21.8. The van der Waals surface area contributed by atoms with Crippen molar-refractivity contribution in [1.29, 1.82) is 0 Å². The molecule has 2 bridgehead atoms. The number of carbonyl (C=O) groups excluding carboxylic acids is 2. The number of hydrogen-bond donors (Lipinski definition) is 0. The van der Waals surface area contributed by atoms with E-state index in [2.05, 4.69) is 27.0 Å². The van der Waals surface area contributed by atoms with E-state index in [0.717, 1.165) is 47.8 Å². The van der Waals surface area contributed by atoms with E-state index in [4.69, 9.17) is 0 Å². The summed E-state index contributed by atoms with van der Waals surface area (Å²) in [6.07, 6.45) is 6.98. The van der Waals surface area contributed by atoms with Crippen molar-refractivity contribution in [2.75, 3.05) is 18.0 Å². The number of aryl methyl sites for hydroxylation is 1. The van der Waals surface area contributed by atoms with Crippen LogP contribution in [-0.2, 0) is 29.1 Å². The molecule has 2 amide bonds. The van der Waals surface area contributed by atoms with E-state index in [1.807, 2.05) is 58.8 Å². The zero-order chi connectivity index (χ0) is 25.1. The molecule has 2 aliphatic heterocycles. The van der Waals surface area contributed by atoms with E-state index < -0.39 is 0 Å². The first-order chi connectivity index (χ1) is 17.5. The van der Waals surface area contributed by atoms with Crippen molar-refractivity contribution in [3.63, 3.8) is 0 Å². The molecule has 2 aromatic heterocycles. The summed E-state index contributed by atoms with van der Waals surface area (Å²) in [6.45, 7) is 6.23. The van der Waals surface area contributed by atoms with Gasteiger partial charge in [-0.25, -0.2) is 4.98 Å². The molecule has 5 rings (SSSR count). The van der Waals surface area contributed by atoms with E-state index in [0.29, 0.717) is 32.1 Å². The molecule has 36 heavy (non-hydrogen) atoms. The number of para-hydroxylation sites is 1. The van der Waals surface area contributed by atoms with E-state index in [9.17, 15) is 9.59 Å². The zero-order valence-electron chi connectivity index (χ0n) is 21.0. The van der Waals surface area contributed by atoms with Crippen LogP contribution in [0.3, 0.4) is 0 Å². The maximum Gasteiger partial charge on any atom is 0.228 e. The lowest BCUT2D eigenvalue weighted by Crippen LogP contribution is -2.45. The quantitative estimate of drug-likeness (QED) is 0.534. The Morgan fingerprint density at radius 2 is 1.83 bits per heavy atom. The predicted octanol–water partition coefficient (Wildman–Crippen LogP) is 4.21. The molecule has 4 heterocycles. The number of hydrogen-bond acceptors (Lipinski definition) is 6. The average Bonchev–Trinajstić information content (AvgIpc) is 3.44. The number of carbonyl (C=O) groups is 2. The number of aromatic nitrogens is 2. The van der Waals surface area contributed by atoms with Crippen LogP contribution in [0.15, 0.2) is 54.2 Å². The van der Waals surface area contributed by atoms with Crippen LogP contribution in [0.25, 0.3) is 0 Å². The number of benzene rings is 1. The molecule has 0 radical (unpaired) electrons. The van der Waals surface area contributed by atoms with Crippen molar-refractivity contribution in [2.24, 2.45) is 0 Å². The minimum Gasteiger partial charge on any atom is -0.336 e. The van der Waals surface area contributed by atoms with E-state index in [-0.39, 0.29) is 17.9 Å². The number of fused-ring (bicyclic) bond motifs is 3. The molecule has 0 aliphatic carbocycles. The van der Waals surface area contributed by atoms with Crippen molar-refractivity contribution in [2.45, 2.75) is 64.7 Å². The highest BCUT2D eigenvalue weighted by molar-refractivity contribution is 7.09.